The molecule has 6 heteroatoms. The van der Waals surface area contributed by atoms with Gasteiger partial charge in [-0.1, -0.05) is 46.0 Å². The molecule has 0 bridgehead atoms. The molecule has 5 nitrogen and oxygen atoms in total. The average molecular weight is 376 g/mol. The lowest BCUT2D eigenvalue weighted by Crippen LogP contribution is -2.42. The number of carbonyl (C=O) groups is 2. The normalized spacial score (nSPS) is 31.5. The molecular weight excluding hydrogens is 342 g/mol. The van der Waals surface area contributed by atoms with Crippen molar-refractivity contribution in [2.24, 2.45) is 23.5 Å². The highest BCUT2D eigenvalue weighted by atomic mass is 35.5. The second-order valence-electron chi connectivity index (χ2n) is 7.88. The summed E-state index contributed by atoms with van der Waals surface area (Å²) in [5.74, 6) is 0.156. The molecule has 1 saturated heterocycles. The van der Waals surface area contributed by atoms with Gasteiger partial charge in [-0.25, -0.2) is 0 Å². The van der Waals surface area contributed by atoms with Gasteiger partial charge in [-0.3, -0.25) is 9.59 Å². The van der Waals surface area contributed by atoms with E-state index >= 15 is 0 Å². The van der Waals surface area contributed by atoms with E-state index in [4.69, 9.17) is 15.2 Å². The van der Waals surface area contributed by atoms with Crippen molar-refractivity contribution in [1.82, 2.24) is 0 Å². The van der Waals surface area contributed by atoms with Gasteiger partial charge in [0.2, 0.25) is 0 Å². The predicted molar refractivity (Wildman–Crippen MR) is 99.4 cm³/mol. The molecule has 0 amide bonds. The molecular formula is C19H34ClNO4. The fraction of sp³-hybridized carbons (Fsp3) is 0.895. The van der Waals surface area contributed by atoms with Crippen LogP contribution in [0.5, 0.6) is 0 Å². The van der Waals surface area contributed by atoms with Gasteiger partial charge in [-0.05, 0) is 38.0 Å². The molecule has 0 aromatic rings. The highest BCUT2D eigenvalue weighted by Gasteiger charge is 2.37. The highest BCUT2D eigenvalue weighted by Crippen LogP contribution is 2.36. The van der Waals surface area contributed by atoms with Crippen LogP contribution in [-0.2, 0) is 19.1 Å². The molecule has 0 radical (unpaired) electrons. The first-order valence-corrected chi connectivity index (χ1v) is 9.55. The van der Waals surface area contributed by atoms with Crippen molar-refractivity contribution in [1.29, 1.82) is 0 Å². The minimum absolute atomic E-state index is 0. The Balaban J connectivity index is 0.00000312. The maximum Gasteiger partial charge on any atom is 0.323 e. The average Bonchev–Trinajstić information content (AvgIpc) is 3.03. The van der Waals surface area contributed by atoms with Crippen LogP contribution in [0, 0.1) is 17.8 Å². The molecule has 1 heterocycles. The molecule has 2 N–H and O–H groups in total. The molecule has 4 atom stereocenters. The Morgan fingerprint density at radius 3 is 2.44 bits per heavy atom. The number of esters is 2. The van der Waals surface area contributed by atoms with Gasteiger partial charge in [0.15, 0.2) is 0 Å². The first-order chi connectivity index (χ1) is 11.4. The van der Waals surface area contributed by atoms with Crippen LogP contribution < -0.4 is 5.73 Å². The number of cyclic esters (lactones) is 1. The van der Waals surface area contributed by atoms with E-state index in [0.717, 1.165) is 19.3 Å². The second kappa shape index (κ2) is 10.4. The third-order valence-corrected chi connectivity index (χ3v) is 5.46. The number of carbonyl (C=O) groups excluding carboxylic acids is 2. The van der Waals surface area contributed by atoms with Gasteiger partial charge in [0.25, 0.3) is 0 Å². The van der Waals surface area contributed by atoms with Gasteiger partial charge < -0.3 is 15.2 Å². The summed E-state index contributed by atoms with van der Waals surface area (Å²) in [6.07, 6.45) is 7.78. The molecule has 2 rings (SSSR count). The summed E-state index contributed by atoms with van der Waals surface area (Å²) in [5, 5.41) is 0. The Morgan fingerprint density at radius 1 is 1.20 bits per heavy atom. The lowest BCUT2D eigenvalue weighted by atomic mass is 9.83. The third-order valence-electron chi connectivity index (χ3n) is 5.46. The lowest BCUT2D eigenvalue weighted by molar-refractivity contribution is -0.174. The first kappa shape index (κ1) is 22.2. The van der Waals surface area contributed by atoms with E-state index in [1.807, 2.05) is 20.8 Å². The van der Waals surface area contributed by atoms with Gasteiger partial charge in [-0.2, -0.15) is 0 Å². The number of ether oxygens (including phenoxy) is 2. The number of rotatable bonds is 4. The van der Waals surface area contributed by atoms with E-state index in [1.165, 1.54) is 25.7 Å². The lowest BCUT2D eigenvalue weighted by Gasteiger charge is -2.32. The van der Waals surface area contributed by atoms with E-state index in [9.17, 15) is 9.59 Å². The summed E-state index contributed by atoms with van der Waals surface area (Å²) >= 11 is 0. The minimum Gasteiger partial charge on any atom is -0.458 e. The Labute approximate surface area is 157 Å². The standard InChI is InChI=1S/C19H33NO4.ClH/c1-12(2)18(21)24-17-13(3)23-19(22)16(20)10-6-9-15(17)11-14-7-4-5-8-14;/h12-17H,4-11,20H2,1-3H3;1H/t13-,15+,16-,17-;/m0./s1. The smallest absolute Gasteiger partial charge is 0.323 e. The van der Waals surface area contributed by atoms with Crippen LogP contribution in [-0.4, -0.2) is 30.2 Å². The Kier molecular flexibility index (Phi) is 9.22. The van der Waals surface area contributed by atoms with Gasteiger partial charge in [0.1, 0.15) is 18.2 Å². The van der Waals surface area contributed by atoms with Crippen molar-refractivity contribution in [3.8, 4) is 0 Å². The third kappa shape index (κ3) is 6.45. The largest absolute Gasteiger partial charge is 0.458 e. The molecule has 25 heavy (non-hydrogen) atoms. The molecule has 0 aromatic carbocycles. The zero-order valence-electron chi connectivity index (χ0n) is 15.7. The molecule has 0 unspecified atom stereocenters. The fourth-order valence-corrected chi connectivity index (χ4v) is 3.99. The zero-order chi connectivity index (χ0) is 17.7. The van der Waals surface area contributed by atoms with Crippen LogP contribution in [0.15, 0.2) is 0 Å². The summed E-state index contributed by atoms with van der Waals surface area (Å²) in [7, 11) is 0. The van der Waals surface area contributed by atoms with Crippen LogP contribution in [0.4, 0.5) is 0 Å². The zero-order valence-corrected chi connectivity index (χ0v) is 16.6. The van der Waals surface area contributed by atoms with E-state index in [-0.39, 0.29) is 42.3 Å². The van der Waals surface area contributed by atoms with Crippen molar-refractivity contribution in [2.75, 3.05) is 0 Å². The molecule has 0 aromatic heterocycles. The fourth-order valence-electron chi connectivity index (χ4n) is 3.99. The molecule has 1 aliphatic heterocycles. The molecule has 1 aliphatic carbocycles. The molecule has 2 fully saturated rings. The summed E-state index contributed by atoms with van der Waals surface area (Å²) < 4.78 is 11.3. The van der Waals surface area contributed by atoms with Crippen molar-refractivity contribution in [2.45, 2.75) is 90.4 Å². The molecule has 0 spiro atoms. The van der Waals surface area contributed by atoms with E-state index in [1.54, 1.807) is 0 Å². The Morgan fingerprint density at radius 2 is 1.84 bits per heavy atom. The van der Waals surface area contributed by atoms with E-state index in [0.29, 0.717) is 12.3 Å². The van der Waals surface area contributed by atoms with Crippen LogP contribution in [0.2, 0.25) is 0 Å². The summed E-state index contributed by atoms with van der Waals surface area (Å²) in [6.45, 7) is 5.49. The number of hydrogen-bond donors (Lipinski definition) is 1. The topological polar surface area (TPSA) is 78.6 Å². The molecule has 1 saturated carbocycles. The predicted octanol–water partition coefficient (Wildman–Crippen LogP) is 3.62. The maximum atomic E-state index is 12.2. The van der Waals surface area contributed by atoms with Gasteiger partial charge >= 0.3 is 11.9 Å². The van der Waals surface area contributed by atoms with Crippen LogP contribution in [0.25, 0.3) is 0 Å². The summed E-state index contributed by atoms with van der Waals surface area (Å²) in [4.78, 5) is 24.2. The van der Waals surface area contributed by atoms with Gasteiger partial charge in [0, 0.05) is 0 Å². The Bertz CT molecular complexity index is 437. The minimum atomic E-state index is -0.570. The number of halogens is 1. The molecule has 2 aliphatic rings. The van der Waals surface area contributed by atoms with Crippen molar-refractivity contribution < 1.29 is 19.1 Å². The van der Waals surface area contributed by atoms with E-state index < -0.39 is 12.1 Å². The van der Waals surface area contributed by atoms with Crippen molar-refractivity contribution >= 4 is 24.3 Å². The van der Waals surface area contributed by atoms with Crippen LogP contribution >= 0.6 is 12.4 Å². The quantitative estimate of drug-likeness (QED) is 0.759. The number of nitrogens with two attached hydrogens (primary N) is 1. The van der Waals surface area contributed by atoms with Crippen LogP contribution in [0.3, 0.4) is 0 Å². The Hall–Kier alpha value is -0.810. The monoisotopic (exact) mass is 375 g/mol. The SMILES string of the molecule is CC(C)C(=O)O[C@@H]1[C@@H](CC2CCCC2)CCC[C@H](N)C(=O)O[C@H]1C.Cl. The van der Waals surface area contributed by atoms with Gasteiger partial charge in [-0.15, -0.1) is 12.4 Å². The van der Waals surface area contributed by atoms with Gasteiger partial charge in [0.05, 0.1) is 5.92 Å². The second-order valence-corrected chi connectivity index (χ2v) is 7.88. The first-order valence-electron chi connectivity index (χ1n) is 9.55. The highest BCUT2D eigenvalue weighted by molar-refractivity contribution is 5.85. The number of hydrogen-bond acceptors (Lipinski definition) is 5. The van der Waals surface area contributed by atoms with E-state index in [2.05, 4.69) is 0 Å². The molecule has 146 valence electrons. The van der Waals surface area contributed by atoms with Crippen molar-refractivity contribution in [3.63, 3.8) is 0 Å². The van der Waals surface area contributed by atoms with Crippen LogP contribution in [0.1, 0.15) is 72.1 Å². The summed E-state index contributed by atoms with van der Waals surface area (Å²) in [6, 6.07) is -0.570. The maximum absolute atomic E-state index is 12.2. The summed E-state index contributed by atoms with van der Waals surface area (Å²) in [5.41, 5.74) is 5.90. The van der Waals surface area contributed by atoms with Crippen molar-refractivity contribution in [3.05, 3.63) is 0 Å².